The average Bonchev–Trinajstić information content (AvgIpc) is 3.03. The van der Waals surface area contributed by atoms with E-state index in [9.17, 15) is 13.2 Å². The minimum atomic E-state index is -3.41. The molecule has 2 unspecified atom stereocenters. The second-order valence-electron chi connectivity index (χ2n) is 7.59. The molecule has 156 valence electrons. The monoisotopic (exact) mass is 408 g/mol. The number of piperazine rings is 1. The van der Waals surface area contributed by atoms with Gasteiger partial charge in [-0.2, -0.15) is 17.0 Å². The summed E-state index contributed by atoms with van der Waals surface area (Å²) in [4.78, 5) is 17.3. The van der Waals surface area contributed by atoms with E-state index < -0.39 is 10.2 Å². The predicted octanol–water partition coefficient (Wildman–Crippen LogP) is 1.56. The van der Waals surface area contributed by atoms with Crippen LogP contribution in [0.3, 0.4) is 0 Å². The van der Waals surface area contributed by atoms with Crippen molar-refractivity contribution in [3.8, 4) is 0 Å². The summed E-state index contributed by atoms with van der Waals surface area (Å²) in [6.07, 6.45) is 0.879. The number of amides is 1. The molecule has 2 atom stereocenters. The second-order valence-corrected chi connectivity index (χ2v) is 9.52. The summed E-state index contributed by atoms with van der Waals surface area (Å²) in [5, 5.41) is 0. The lowest BCUT2D eigenvalue weighted by molar-refractivity contribution is -0.124. The van der Waals surface area contributed by atoms with Crippen LogP contribution in [0.2, 0.25) is 0 Å². The van der Waals surface area contributed by atoms with E-state index in [0.29, 0.717) is 39.3 Å². The molecule has 1 amide bonds. The fraction of sp³-hybridized carbons (Fsp3) is 0.650. The van der Waals surface area contributed by atoms with Gasteiger partial charge in [0.05, 0.1) is 6.04 Å². The van der Waals surface area contributed by atoms with E-state index in [1.807, 2.05) is 43.9 Å². The van der Waals surface area contributed by atoms with Crippen LogP contribution in [0.4, 0.5) is 5.69 Å². The van der Waals surface area contributed by atoms with Crippen molar-refractivity contribution in [2.45, 2.75) is 46.2 Å². The predicted molar refractivity (Wildman–Crippen MR) is 112 cm³/mol. The van der Waals surface area contributed by atoms with Crippen LogP contribution in [0, 0.1) is 0 Å². The van der Waals surface area contributed by atoms with Gasteiger partial charge in [-0.25, -0.2) is 0 Å². The molecule has 28 heavy (non-hydrogen) atoms. The third-order valence-electron chi connectivity index (χ3n) is 5.98. The highest BCUT2D eigenvalue weighted by Gasteiger charge is 2.37. The number of para-hydroxylation sites is 1. The number of rotatable bonds is 6. The molecule has 0 radical (unpaired) electrons. The standard InChI is InChI=1S/C20H32N4O3S/c1-5-22(6-2)28(26,27)23-13-11-21(12-14-23)17(4)20(25)24-16(3)15-18-9-7-8-10-19(18)24/h7-10,16-17H,5-6,11-15H2,1-4H3. The summed E-state index contributed by atoms with van der Waals surface area (Å²) in [7, 11) is -3.41. The number of fused-ring (bicyclic) bond motifs is 1. The maximum Gasteiger partial charge on any atom is 0.282 e. The third-order valence-corrected chi connectivity index (χ3v) is 8.17. The first-order chi connectivity index (χ1) is 13.3. The lowest BCUT2D eigenvalue weighted by Gasteiger charge is -2.39. The van der Waals surface area contributed by atoms with Crippen LogP contribution in [-0.2, 0) is 21.4 Å². The number of hydrogen-bond acceptors (Lipinski definition) is 4. The first-order valence-corrected chi connectivity index (χ1v) is 11.6. The van der Waals surface area contributed by atoms with Crippen molar-refractivity contribution in [1.29, 1.82) is 0 Å². The minimum absolute atomic E-state index is 0.0949. The molecule has 1 saturated heterocycles. The van der Waals surface area contributed by atoms with Crippen molar-refractivity contribution in [2.24, 2.45) is 0 Å². The normalized spacial score (nSPS) is 22.5. The average molecular weight is 409 g/mol. The van der Waals surface area contributed by atoms with Crippen molar-refractivity contribution in [1.82, 2.24) is 13.5 Å². The first-order valence-electron chi connectivity index (χ1n) is 10.2. The number of anilines is 1. The molecule has 2 heterocycles. The molecule has 0 N–H and O–H groups in total. The number of nitrogens with zero attached hydrogens (tertiary/aromatic N) is 4. The Kier molecular flexibility index (Phi) is 6.44. The van der Waals surface area contributed by atoms with Gasteiger partial charge in [-0.15, -0.1) is 0 Å². The van der Waals surface area contributed by atoms with Gasteiger partial charge in [0, 0.05) is 51.0 Å². The molecule has 3 rings (SSSR count). The molecular formula is C20H32N4O3S. The number of hydrogen-bond donors (Lipinski definition) is 0. The highest BCUT2D eigenvalue weighted by Crippen LogP contribution is 2.32. The Morgan fingerprint density at radius 3 is 2.36 bits per heavy atom. The van der Waals surface area contributed by atoms with Crippen molar-refractivity contribution >= 4 is 21.8 Å². The summed E-state index contributed by atoms with van der Waals surface area (Å²) in [5.74, 6) is 0.0949. The van der Waals surface area contributed by atoms with Gasteiger partial charge in [-0.3, -0.25) is 9.69 Å². The summed E-state index contributed by atoms with van der Waals surface area (Å²) in [6, 6.07) is 7.96. The zero-order valence-corrected chi connectivity index (χ0v) is 18.2. The molecule has 0 aliphatic carbocycles. The van der Waals surface area contributed by atoms with Crippen LogP contribution >= 0.6 is 0 Å². The summed E-state index contributed by atoms with van der Waals surface area (Å²) in [5.41, 5.74) is 2.22. The zero-order valence-electron chi connectivity index (χ0n) is 17.3. The Labute approximate surface area is 169 Å². The Hall–Kier alpha value is -1.48. The lowest BCUT2D eigenvalue weighted by Crippen LogP contribution is -2.57. The van der Waals surface area contributed by atoms with Crippen LogP contribution in [0.1, 0.15) is 33.3 Å². The van der Waals surface area contributed by atoms with Crippen LogP contribution < -0.4 is 4.90 Å². The van der Waals surface area contributed by atoms with Gasteiger partial charge in [0.2, 0.25) is 5.91 Å². The molecule has 0 spiro atoms. The van der Waals surface area contributed by atoms with E-state index in [1.54, 1.807) is 4.31 Å². The highest BCUT2D eigenvalue weighted by molar-refractivity contribution is 7.86. The van der Waals surface area contributed by atoms with Gasteiger partial charge in [-0.1, -0.05) is 32.0 Å². The number of carbonyl (C=O) groups excluding carboxylic acids is 1. The van der Waals surface area contributed by atoms with Crippen molar-refractivity contribution in [2.75, 3.05) is 44.2 Å². The maximum absolute atomic E-state index is 13.2. The van der Waals surface area contributed by atoms with Gasteiger partial charge < -0.3 is 4.90 Å². The molecule has 0 saturated carbocycles. The third kappa shape index (κ3) is 3.83. The molecule has 1 aromatic carbocycles. The van der Waals surface area contributed by atoms with Gasteiger partial charge in [0.25, 0.3) is 10.2 Å². The molecule has 8 heteroatoms. The van der Waals surface area contributed by atoms with Crippen LogP contribution in [0.15, 0.2) is 24.3 Å². The molecule has 0 bridgehead atoms. The molecule has 7 nitrogen and oxygen atoms in total. The van der Waals surface area contributed by atoms with Gasteiger partial charge >= 0.3 is 0 Å². The molecular weight excluding hydrogens is 376 g/mol. The highest BCUT2D eigenvalue weighted by atomic mass is 32.2. The molecule has 1 fully saturated rings. The minimum Gasteiger partial charge on any atom is -0.308 e. The van der Waals surface area contributed by atoms with E-state index in [0.717, 1.165) is 12.1 Å². The van der Waals surface area contributed by atoms with E-state index >= 15 is 0 Å². The quantitative estimate of drug-likeness (QED) is 0.717. The van der Waals surface area contributed by atoms with Crippen molar-refractivity contribution < 1.29 is 13.2 Å². The second kappa shape index (κ2) is 8.49. The SMILES string of the molecule is CCN(CC)S(=O)(=O)N1CCN(C(C)C(=O)N2c3ccccc3CC2C)CC1. The first kappa shape index (κ1) is 21.2. The van der Waals surface area contributed by atoms with Crippen molar-refractivity contribution in [3.63, 3.8) is 0 Å². The van der Waals surface area contributed by atoms with E-state index in [2.05, 4.69) is 17.9 Å². The topological polar surface area (TPSA) is 64.2 Å². The Bertz CT molecular complexity index is 801. The Balaban J connectivity index is 1.66. The fourth-order valence-electron chi connectivity index (χ4n) is 4.29. The summed E-state index contributed by atoms with van der Waals surface area (Å²) >= 11 is 0. The molecule has 2 aliphatic heterocycles. The Morgan fingerprint density at radius 1 is 1.14 bits per heavy atom. The van der Waals surface area contributed by atoms with Crippen LogP contribution in [0.5, 0.6) is 0 Å². The number of carbonyl (C=O) groups is 1. The van der Waals surface area contributed by atoms with Crippen molar-refractivity contribution in [3.05, 3.63) is 29.8 Å². The molecule has 0 aromatic heterocycles. The largest absolute Gasteiger partial charge is 0.308 e. The van der Waals surface area contributed by atoms with Gasteiger partial charge in [0.15, 0.2) is 0 Å². The summed E-state index contributed by atoms with van der Waals surface area (Å²) in [6.45, 7) is 10.6. The molecule has 1 aromatic rings. The molecule has 2 aliphatic rings. The van der Waals surface area contributed by atoms with E-state index in [-0.39, 0.29) is 18.0 Å². The van der Waals surface area contributed by atoms with E-state index in [1.165, 1.54) is 9.87 Å². The van der Waals surface area contributed by atoms with E-state index in [4.69, 9.17) is 0 Å². The maximum atomic E-state index is 13.2. The zero-order chi connectivity index (χ0) is 20.5. The smallest absolute Gasteiger partial charge is 0.282 e. The lowest BCUT2D eigenvalue weighted by atomic mass is 10.1. The number of benzene rings is 1. The fourth-order valence-corrected chi connectivity index (χ4v) is 5.90. The van der Waals surface area contributed by atoms with Crippen LogP contribution in [-0.4, -0.2) is 79.2 Å². The van der Waals surface area contributed by atoms with Gasteiger partial charge in [-0.05, 0) is 31.9 Å². The Morgan fingerprint density at radius 2 is 1.75 bits per heavy atom. The summed E-state index contributed by atoms with van der Waals surface area (Å²) < 4.78 is 28.4. The van der Waals surface area contributed by atoms with Gasteiger partial charge in [0.1, 0.15) is 0 Å². The van der Waals surface area contributed by atoms with Crippen LogP contribution in [0.25, 0.3) is 0 Å².